The Morgan fingerprint density at radius 1 is 1.19 bits per heavy atom. The summed E-state index contributed by atoms with van der Waals surface area (Å²) in [6, 6.07) is 6.92. The Balaban J connectivity index is 1.79. The summed E-state index contributed by atoms with van der Waals surface area (Å²) in [5.41, 5.74) is -0.634. The lowest BCUT2D eigenvalue weighted by molar-refractivity contribution is -0.137. The van der Waals surface area contributed by atoms with E-state index in [2.05, 4.69) is 5.32 Å². The van der Waals surface area contributed by atoms with E-state index >= 15 is 0 Å². The highest BCUT2D eigenvalue weighted by molar-refractivity contribution is 6.31. The average Bonchev–Trinajstić information content (AvgIpc) is 2.68. The number of rotatable bonds is 3. The zero-order valence-electron chi connectivity index (χ0n) is 16.9. The van der Waals surface area contributed by atoms with Gasteiger partial charge in [-0.2, -0.15) is 13.2 Å². The number of hydrogen-bond donors (Lipinski definition) is 1. The van der Waals surface area contributed by atoms with Crippen LogP contribution in [0.5, 0.6) is 0 Å². The first kappa shape index (κ1) is 23.1. The maximum absolute atomic E-state index is 14.3. The van der Waals surface area contributed by atoms with Gasteiger partial charge in [-0.1, -0.05) is 23.7 Å². The summed E-state index contributed by atoms with van der Waals surface area (Å²) in [5.74, 6) is -2.31. The molecule has 0 aromatic heterocycles. The van der Waals surface area contributed by atoms with Crippen molar-refractivity contribution in [1.29, 1.82) is 0 Å². The van der Waals surface area contributed by atoms with E-state index in [1.165, 1.54) is 23.1 Å². The Hall–Kier alpha value is -2.61. The van der Waals surface area contributed by atoms with Crippen LogP contribution in [0.1, 0.15) is 41.3 Å². The van der Waals surface area contributed by atoms with Crippen molar-refractivity contribution in [3.8, 4) is 0 Å². The molecule has 1 N–H and O–H groups in total. The number of carbonyl (C=O) groups excluding carboxylic acids is 2. The van der Waals surface area contributed by atoms with Crippen LogP contribution in [-0.2, 0) is 11.0 Å². The Labute approximate surface area is 182 Å². The monoisotopic (exact) mass is 456 g/mol. The lowest BCUT2D eigenvalue weighted by atomic mass is 9.88. The molecular weight excluding hydrogens is 436 g/mol. The van der Waals surface area contributed by atoms with Crippen LogP contribution < -0.4 is 5.32 Å². The van der Waals surface area contributed by atoms with Crippen LogP contribution in [0.15, 0.2) is 36.4 Å². The average molecular weight is 457 g/mol. The first-order valence-electron chi connectivity index (χ1n) is 9.74. The maximum Gasteiger partial charge on any atom is 0.417 e. The minimum atomic E-state index is -4.66. The maximum atomic E-state index is 14.3. The van der Waals surface area contributed by atoms with E-state index in [-0.39, 0.29) is 11.3 Å². The fourth-order valence-corrected chi connectivity index (χ4v) is 4.11. The minimum absolute atomic E-state index is 0.0390. The van der Waals surface area contributed by atoms with Crippen molar-refractivity contribution >= 4 is 29.1 Å². The van der Waals surface area contributed by atoms with Crippen molar-refractivity contribution in [2.75, 3.05) is 11.9 Å². The second-order valence-corrected chi connectivity index (χ2v) is 8.01. The molecule has 0 spiro atoms. The molecule has 4 nitrogen and oxygen atoms in total. The normalized spacial score (nSPS) is 19.3. The highest BCUT2D eigenvalue weighted by Gasteiger charge is 2.37. The summed E-state index contributed by atoms with van der Waals surface area (Å²) >= 11 is 5.62. The predicted molar refractivity (Wildman–Crippen MR) is 109 cm³/mol. The zero-order valence-corrected chi connectivity index (χ0v) is 17.6. The van der Waals surface area contributed by atoms with Crippen molar-refractivity contribution < 1.29 is 27.2 Å². The van der Waals surface area contributed by atoms with E-state index in [1.54, 1.807) is 19.9 Å². The van der Waals surface area contributed by atoms with Crippen molar-refractivity contribution in [3.05, 3.63) is 63.9 Å². The topological polar surface area (TPSA) is 49.4 Å². The van der Waals surface area contributed by atoms with Crippen molar-refractivity contribution in [3.63, 3.8) is 0 Å². The highest BCUT2D eigenvalue weighted by Crippen LogP contribution is 2.36. The van der Waals surface area contributed by atoms with Crippen LogP contribution in [0.25, 0.3) is 0 Å². The summed E-state index contributed by atoms with van der Waals surface area (Å²) in [4.78, 5) is 27.3. The van der Waals surface area contributed by atoms with Crippen LogP contribution >= 0.6 is 11.6 Å². The molecule has 1 fully saturated rings. The number of nitrogens with one attached hydrogen (secondary N) is 1. The van der Waals surface area contributed by atoms with Crippen LogP contribution in [0.4, 0.5) is 23.2 Å². The molecule has 0 saturated carbocycles. The molecule has 0 aliphatic carbocycles. The Bertz CT molecular complexity index is 989. The van der Waals surface area contributed by atoms with E-state index in [0.717, 1.165) is 12.1 Å². The molecule has 1 aliphatic heterocycles. The quantitative estimate of drug-likeness (QED) is 0.603. The van der Waals surface area contributed by atoms with Gasteiger partial charge in [0.2, 0.25) is 5.91 Å². The second-order valence-electron chi connectivity index (χ2n) is 7.60. The fraction of sp³-hybridized carbons (Fsp3) is 0.364. The van der Waals surface area contributed by atoms with E-state index in [4.69, 9.17) is 11.6 Å². The number of piperidine rings is 1. The fourth-order valence-electron chi connectivity index (χ4n) is 3.88. The molecule has 2 aromatic rings. The number of benzene rings is 2. The highest BCUT2D eigenvalue weighted by atomic mass is 35.5. The molecule has 3 rings (SSSR count). The molecule has 2 aromatic carbocycles. The van der Waals surface area contributed by atoms with Crippen LogP contribution in [0, 0.1) is 18.7 Å². The van der Waals surface area contributed by atoms with E-state index < -0.39 is 46.4 Å². The third-order valence-electron chi connectivity index (χ3n) is 5.56. The standard InChI is InChI=1S/C22H21ClF4N2O2/c1-12-5-3-7-18(24)19(12)21(31)29-10-4-6-15(13(29)2)20(30)28-14-8-9-17(23)16(11-14)22(25,26)27/h3,5,7-9,11,13,15H,4,6,10H2,1-2H3,(H,28,30)/t13-,15-/m0/s1. The van der Waals surface area contributed by atoms with Gasteiger partial charge in [-0.3, -0.25) is 9.59 Å². The van der Waals surface area contributed by atoms with Gasteiger partial charge >= 0.3 is 6.18 Å². The Morgan fingerprint density at radius 3 is 2.55 bits per heavy atom. The minimum Gasteiger partial charge on any atom is -0.335 e. The molecular formula is C22H21ClF4N2O2. The van der Waals surface area contributed by atoms with E-state index in [0.29, 0.717) is 24.9 Å². The number of anilines is 1. The molecule has 1 heterocycles. The lowest BCUT2D eigenvalue weighted by Gasteiger charge is -2.39. The van der Waals surface area contributed by atoms with Gasteiger partial charge in [0.15, 0.2) is 0 Å². The summed E-state index contributed by atoms with van der Waals surface area (Å²) in [6.07, 6.45) is -3.69. The van der Waals surface area contributed by atoms with Gasteiger partial charge in [0.25, 0.3) is 5.91 Å². The summed E-state index contributed by atoms with van der Waals surface area (Å²) in [6.45, 7) is 3.67. The van der Waals surface area contributed by atoms with Gasteiger partial charge < -0.3 is 10.2 Å². The van der Waals surface area contributed by atoms with Gasteiger partial charge in [0.1, 0.15) is 5.82 Å². The molecule has 1 aliphatic rings. The van der Waals surface area contributed by atoms with Crippen LogP contribution in [0.3, 0.4) is 0 Å². The summed E-state index contributed by atoms with van der Waals surface area (Å²) < 4.78 is 53.5. The van der Waals surface area contributed by atoms with Gasteiger partial charge in [-0.25, -0.2) is 4.39 Å². The van der Waals surface area contributed by atoms with Crippen molar-refractivity contribution in [2.24, 2.45) is 5.92 Å². The number of hydrogen-bond acceptors (Lipinski definition) is 2. The molecule has 2 amide bonds. The first-order chi connectivity index (χ1) is 14.5. The molecule has 0 radical (unpaired) electrons. The van der Waals surface area contributed by atoms with Crippen LogP contribution in [0.2, 0.25) is 5.02 Å². The number of aryl methyl sites for hydroxylation is 1. The number of amides is 2. The molecule has 166 valence electrons. The largest absolute Gasteiger partial charge is 0.417 e. The number of halogens is 5. The van der Waals surface area contributed by atoms with E-state index in [1.807, 2.05) is 0 Å². The predicted octanol–water partition coefficient (Wildman–Crippen LogP) is 5.69. The zero-order chi connectivity index (χ0) is 22.9. The number of alkyl halides is 3. The molecule has 9 heteroatoms. The van der Waals surface area contributed by atoms with Crippen molar-refractivity contribution in [1.82, 2.24) is 4.90 Å². The molecule has 2 atom stereocenters. The van der Waals surface area contributed by atoms with Crippen molar-refractivity contribution in [2.45, 2.75) is 38.9 Å². The molecule has 1 saturated heterocycles. The SMILES string of the molecule is Cc1cccc(F)c1C(=O)N1CCC[C@H](C(=O)Nc2ccc(Cl)c(C(F)(F)F)c2)[C@@H]1C. The van der Waals surface area contributed by atoms with Gasteiger partial charge in [-0.15, -0.1) is 0 Å². The second kappa shape index (κ2) is 8.86. The third kappa shape index (κ3) is 4.84. The van der Waals surface area contributed by atoms with Gasteiger partial charge in [-0.05, 0) is 56.5 Å². The number of carbonyl (C=O) groups is 2. The van der Waals surface area contributed by atoms with Gasteiger partial charge in [0, 0.05) is 18.3 Å². The first-order valence-corrected chi connectivity index (χ1v) is 10.1. The smallest absolute Gasteiger partial charge is 0.335 e. The van der Waals surface area contributed by atoms with E-state index in [9.17, 15) is 27.2 Å². The number of nitrogens with zero attached hydrogens (tertiary/aromatic N) is 1. The number of likely N-dealkylation sites (tertiary alicyclic amines) is 1. The molecule has 31 heavy (non-hydrogen) atoms. The third-order valence-corrected chi connectivity index (χ3v) is 5.89. The Kier molecular flexibility index (Phi) is 6.59. The molecule has 0 bridgehead atoms. The lowest BCUT2D eigenvalue weighted by Crippen LogP contribution is -2.50. The summed E-state index contributed by atoms with van der Waals surface area (Å²) in [7, 11) is 0. The van der Waals surface area contributed by atoms with Crippen LogP contribution in [-0.4, -0.2) is 29.3 Å². The summed E-state index contributed by atoms with van der Waals surface area (Å²) in [5, 5.41) is 2.03. The molecule has 0 unspecified atom stereocenters. The van der Waals surface area contributed by atoms with Gasteiger partial charge in [0.05, 0.1) is 22.1 Å². The Morgan fingerprint density at radius 2 is 1.90 bits per heavy atom.